The molecule has 2 aliphatic rings. The minimum atomic E-state index is -0.796. The highest BCUT2D eigenvalue weighted by molar-refractivity contribution is 5.94. The number of nitrogens with zero attached hydrogens (tertiary/aromatic N) is 2. The summed E-state index contributed by atoms with van der Waals surface area (Å²) in [6, 6.07) is 4.28. The quantitative estimate of drug-likeness (QED) is 0.551. The first-order valence-electron chi connectivity index (χ1n) is 9.02. The minimum absolute atomic E-state index is 0.00982. The van der Waals surface area contributed by atoms with Crippen LogP contribution in [0.5, 0.6) is 5.75 Å². The molecular weight excluding hydrogens is 354 g/mol. The number of hydrogen-bond donors (Lipinski definition) is 2. The molecule has 0 unspecified atom stereocenters. The lowest BCUT2D eigenvalue weighted by molar-refractivity contribution is -0.384. The van der Waals surface area contributed by atoms with Gasteiger partial charge in [0.2, 0.25) is 5.91 Å². The molecule has 1 aromatic rings. The molecule has 0 spiro atoms. The van der Waals surface area contributed by atoms with Crippen LogP contribution in [0.2, 0.25) is 0 Å². The van der Waals surface area contributed by atoms with Gasteiger partial charge < -0.3 is 15.2 Å². The van der Waals surface area contributed by atoms with Gasteiger partial charge >= 0.3 is 5.97 Å². The molecular formula is C18H23N3O6. The molecule has 9 nitrogen and oxygen atoms in total. The number of benzene rings is 1. The maximum absolute atomic E-state index is 12.4. The first kappa shape index (κ1) is 19.1. The van der Waals surface area contributed by atoms with Gasteiger partial charge in [-0.05, 0) is 37.8 Å². The molecule has 1 aromatic carbocycles. The fraction of sp³-hybridized carbons (Fsp3) is 0.556. The highest BCUT2D eigenvalue weighted by Crippen LogP contribution is 2.48. The number of fused-ring (bicyclic) bond motifs is 1. The number of rotatable bonds is 7. The lowest BCUT2D eigenvalue weighted by Crippen LogP contribution is -2.37. The van der Waals surface area contributed by atoms with Gasteiger partial charge in [-0.1, -0.05) is 6.42 Å². The number of carbonyl (C=O) groups is 2. The van der Waals surface area contributed by atoms with Crippen LogP contribution in [0.25, 0.3) is 0 Å². The van der Waals surface area contributed by atoms with Crippen molar-refractivity contribution in [1.82, 2.24) is 4.90 Å². The average molecular weight is 377 g/mol. The first-order valence-corrected chi connectivity index (χ1v) is 9.02. The largest absolute Gasteiger partial charge is 0.494 e. The molecule has 0 radical (unpaired) electrons. The van der Waals surface area contributed by atoms with Gasteiger partial charge in [0.1, 0.15) is 11.4 Å². The van der Waals surface area contributed by atoms with Gasteiger partial charge in [0.25, 0.3) is 5.69 Å². The summed E-state index contributed by atoms with van der Waals surface area (Å²) in [5, 5.41) is 23.5. The molecule has 2 fully saturated rings. The van der Waals surface area contributed by atoms with Gasteiger partial charge in [0, 0.05) is 13.1 Å². The van der Waals surface area contributed by atoms with Crippen molar-refractivity contribution in [2.75, 3.05) is 31.6 Å². The molecule has 146 valence electrons. The molecule has 1 saturated carbocycles. The smallest absolute Gasteiger partial charge is 0.311 e. The molecule has 0 aromatic heterocycles. The van der Waals surface area contributed by atoms with Gasteiger partial charge in [-0.25, -0.2) is 0 Å². The van der Waals surface area contributed by atoms with Gasteiger partial charge in [-0.15, -0.1) is 0 Å². The van der Waals surface area contributed by atoms with E-state index in [4.69, 9.17) is 4.74 Å². The van der Waals surface area contributed by atoms with Crippen molar-refractivity contribution < 1.29 is 24.4 Å². The fourth-order valence-corrected chi connectivity index (χ4v) is 4.28. The van der Waals surface area contributed by atoms with E-state index in [1.165, 1.54) is 12.1 Å². The number of ether oxygens (including phenoxy) is 1. The molecule has 1 amide bonds. The average Bonchev–Trinajstić information content (AvgIpc) is 3.14. The number of anilines is 1. The fourth-order valence-electron chi connectivity index (χ4n) is 4.28. The summed E-state index contributed by atoms with van der Waals surface area (Å²) in [6.45, 7) is 3.06. The number of hydrogen-bond acceptors (Lipinski definition) is 6. The standard InChI is InChI=1S/C18H23N3O6/c1-2-27-13-5-6-14(15(8-13)21(25)26)19-16(22)10-20-9-12-4-3-7-18(12,11-20)17(23)24/h5-6,8,12H,2-4,7,9-11H2,1H3,(H,19,22)(H,23,24)/t12-,18+/m0/s1. The van der Waals surface area contributed by atoms with Crippen LogP contribution < -0.4 is 10.1 Å². The molecule has 1 saturated heterocycles. The Morgan fingerprint density at radius 1 is 1.48 bits per heavy atom. The second-order valence-electron chi connectivity index (χ2n) is 7.14. The number of likely N-dealkylation sites (tertiary alicyclic amines) is 1. The van der Waals surface area contributed by atoms with Crippen molar-refractivity contribution in [3.05, 3.63) is 28.3 Å². The predicted molar refractivity (Wildman–Crippen MR) is 96.7 cm³/mol. The van der Waals surface area contributed by atoms with Crippen LogP contribution in [0.4, 0.5) is 11.4 Å². The van der Waals surface area contributed by atoms with Crippen molar-refractivity contribution in [3.8, 4) is 5.75 Å². The monoisotopic (exact) mass is 377 g/mol. The van der Waals surface area contributed by atoms with Crippen molar-refractivity contribution >= 4 is 23.3 Å². The van der Waals surface area contributed by atoms with Crippen LogP contribution in [0.1, 0.15) is 26.2 Å². The Balaban J connectivity index is 1.67. The molecule has 0 bridgehead atoms. The molecule has 3 rings (SSSR count). The van der Waals surface area contributed by atoms with E-state index in [-0.39, 0.29) is 23.8 Å². The number of carboxylic acid groups (broad SMARTS) is 1. The van der Waals surface area contributed by atoms with Crippen molar-refractivity contribution in [2.45, 2.75) is 26.2 Å². The summed E-state index contributed by atoms with van der Waals surface area (Å²) >= 11 is 0. The van der Waals surface area contributed by atoms with Crippen LogP contribution in [0.15, 0.2) is 18.2 Å². The van der Waals surface area contributed by atoms with E-state index in [2.05, 4.69) is 5.32 Å². The third-order valence-electron chi connectivity index (χ3n) is 5.49. The van der Waals surface area contributed by atoms with Crippen LogP contribution in [0, 0.1) is 21.4 Å². The summed E-state index contributed by atoms with van der Waals surface area (Å²) in [7, 11) is 0. The van der Waals surface area contributed by atoms with E-state index in [9.17, 15) is 24.8 Å². The highest BCUT2D eigenvalue weighted by Gasteiger charge is 2.54. The molecule has 2 N–H and O–H groups in total. The van der Waals surface area contributed by atoms with E-state index in [1.54, 1.807) is 13.0 Å². The molecule has 1 heterocycles. The lowest BCUT2D eigenvalue weighted by atomic mass is 9.81. The summed E-state index contributed by atoms with van der Waals surface area (Å²) in [4.78, 5) is 36.6. The van der Waals surface area contributed by atoms with Gasteiger partial charge in [-0.3, -0.25) is 24.6 Å². The SMILES string of the molecule is CCOc1ccc(NC(=O)CN2C[C@@H]3CCC[C@@]3(C(=O)O)C2)c([N+](=O)[O-])c1. The van der Waals surface area contributed by atoms with Crippen molar-refractivity contribution in [2.24, 2.45) is 11.3 Å². The Morgan fingerprint density at radius 3 is 2.89 bits per heavy atom. The number of aliphatic carboxylic acids is 1. The molecule has 2 atom stereocenters. The van der Waals surface area contributed by atoms with E-state index in [0.717, 1.165) is 12.8 Å². The number of nitro groups is 1. The number of nitrogens with one attached hydrogen (secondary N) is 1. The summed E-state index contributed by atoms with van der Waals surface area (Å²) in [6.07, 6.45) is 2.39. The second-order valence-corrected chi connectivity index (χ2v) is 7.14. The maximum Gasteiger partial charge on any atom is 0.311 e. The van der Waals surface area contributed by atoms with E-state index in [0.29, 0.717) is 31.9 Å². The van der Waals surface area contributed by atoms with Crippen molar-refractivity contribution in [1.29, 1.82) is 0 Å². The number of nitro benzene ring substituents is 1. The second kappa shape index (κ2) is 7.51. The third kappa shape index (κ3) is 3.73. The zero-order valence-electron chi connectivity index (χ0n) is 15.1. The third-order valence-corrected chi connectivity index (χ3v) is 5.49. The number of amides is 1. The van der Waals surface area contributed by atoms with Crippen molar-refractivity contribution in [3.63, 3.8) is 0 Å². The number of carboxylic acids is 1. The lowest BCUT2D eigenvalue weighted by Gasteiger charge is -2.23. The van der Waals surface area contributed by atoms with Crippen LogP contribution >= 0.6 is 0 Å². The number of carbonyl (C=O) groups excluding carboxylic acids is 1. The zero-order valence-corrected chi connectivity index (χ0v) is 15.1. The molecule has 1 aliphatic carbocycles. The normalized spacial score (nSPS) is 24.4. The minimum Gasteiger partial charge on any atom is -0.494 e. The molecule has 9 heteroatoms. The van der Waals surface area contributed by atoms with Crippen LogP contribution in [-0.4, -0.2) is 53.0 Å². The Bertz CT molecular complexity index is 767. The zero-order chi connectivity index (χ0) is 19.6. The molecule has 27 heavy (non-hydrogen) atoms. The maximum atomic E-state index is 12.4. The van der Waals surface area contributed by atoms with E-state index < -0.39 is 22.2 Å². The van der Waals surface area contributed by atoms with Gasteiger partial charge in [-0.2, -0.15) is 0 Å². The summed E-state index contributed by atoms with van der Waals surface area (Å²) in [5.41, 5.74) is -0.902. The topological polar surface area (TPSA) is 122 Å². The summed E-state index contributed by atoms with van der Waals surface area (Å²) in [5.74, 6) is -0.779. The summed E-state index contributed by atoms with van der Waals surface area (Å²) < 4.78 is 5.26. The van der Waals surface area contributed by atoms with E-state index >= 15 is 0 Å². The Hall–Kier alpha value is -2.68. The van der Waals surface area contributed by atoms with Gasteiger partial charge in [0.05, 0.1) is 29.6 Å². The Morgan fingerprint density at radius 2 is 2.26 bits per heavy atom. The van der Waals surface area contributed by atoms with Gasteiger partial charge in [0.15, 0.2) is 0 Å². The molecule has 1 aliphatic heterocycles. The Labute approximate surface area is 156 Å². The van der Waals surface area contributed by atoms with Crippen LogP contribution in [-0.2, 0) is 9.59 Å². The van der Waals surface area contributed by atoms with E-state index in [1.807, 2.05) is 4.90 Å². The first-order chi connectivity index (χ1) is 12.9. The predicted octanol–water partition coefficient (Wildman–Crippen LogP) is 2.12. The van der Waals surface area contributed by atoms with Crippen LogP contribution in [0.3, 0.4) is 0 Å². The Kier molecular flexibility index (Phi) is 5.31. The highest BCUT2D eigenvalue weighted by atomic mass is 16.6.